The van der Waals surface area contributed by atoms with Crippen LogP contribution in [0.5, 0.6) is 5.88 Å². The zero-order chi connectivity index (χ0) is 20.3. The van der Waals surface area contributed by atoms with Crippen molar-refractivity contribution in [2.45, 2.75) is 31.9 Å². The number of carbonyl (C=O) groups excluding carboxylic acids is 1. The lowest BCUT2D eigenvalue weighted by Crippen LogP contribution is -2.56. The Kier molecular flexibility index (Phi) is 5.88. The van der Waals surface area contributed by atoms with Gasteiger partial charge in [-0.2, -0.15) is 0 Å². The van der Waals surface area contributed by atoms with E-state index in [1.165, 1.54) is 7.11 Å². The molecule has 1 fully saturated rings. The molecule has 2 aromatic rings. The van der Waals surface area contributed by atoms with Gasteiger partial charge in [-0.3, -0.25) is 4.79 Å². The number of carbonyl (C=O) groups is 1. The molecular formula is C18H21ClN6O3. The second kappa shape index (κ2) is 8.18. The van der Waals surface area contributed by atoms with Crippen LogP contribution in [0.4, 0.5) is 0 Å². The van der Waals surface area contributed by atoms with Crippen molar-refractivity contribution in [2.24, 2.45) is 5.11 Å². The third kappa shape index (κ3) is 3.82. The quantitative estimate of drug-likeness (QED) is 0.303. The summed E-state index contributed by atoms with van der Waals surface area (Å²) >= 11 is 6.11. The molecule has 28 heavy (non-hydrogen) atoms. The Morgan fingerprint density at radius 3 is 2.82 bits per heavy atom. The Balaban J connectivity index is 1.97. The van der Waals surface area contributed by atoms with Crippen LogP contribution in [0.3, 0.4) is 0 Å². The molecule has 1 saturated heterocycles. The van der Waals surface area contributed by atoms with Gasteiger partial charge in [0.25, 0.3) is 0 Å². The van der Waals surface area contributed by atoms with Crippen LogP contribution in [0.15, 0.2) is 23.6 Å². The molecule has 0 spiro atoms. The Bertz CT molecular complexity index is 942. The van der Waals surface area contributed by atoms with Crippen LogP contribution in [-0.4, -0.2) is 53.7 Å². The molecule has 148 valence electrons. The minimum absolute atomic E-state index is 0.103. The van der Waals surface area contributed by atoms with Gasteiger partial charge >= 0.3 is 0 Å². The van der Waals surface area contributed by atoms with Gasteiger partial charge in [-0.15, -0.1) is 0 Å². The molecule has 0 aliphatic carbocycles. The number of ether oxygens (including phenoxy) is 2. The maximum absolute atomic E-state index is 11.7. The van der Waals surface area contributed by atoms with E-state index in [2.05, 4.69) is 20.0 Å². The third-order valence-electron chi connectivity index (χ3n) is 4.75. The summed E-state index contributed by atoms with van der Waals surface area (Å²) in [5, 5.41) is 5.59. The number of rotatable bonds is 7. The number of likely N-dealkylation sites (tertiary alicyclic amines) is 1. The van der Waals surface area contributed by atoms with Crippen molar-refractivity contribution >= 4 is 28.3 Å². The van der Waals surface area contributed by atoms with E-state index in [9.17, 15) is 4.79 Å². The van der Waals surface area contributed by atoms with Gasteiger partial charge in [-0.25, -0.2) is 9.97 Å². The van der Waals surface area contributed by atoms with Crippen LogP contribution < -0.4 is 4.74 Å². The van der Waals surface area contributed by atoms with Gasteiger partial charge in [-0.1, -0.05) is 23.6 Å². The van der Waals surface area contributed by atoms with Crippen molar-refractivity contribution in [1.29, 1.82) is 0 Å². The topological polar surface area (TPSA) is 113 Å². The zero-order valence-electron chi connectivity index (χ0n) is 15.9. The Morgan fingerprint density at radius 1 is 1.43 bits per heavy atom. The molecule has 1 aliphatic rings. The monoisotopic (exact) mass is 404 g/mol. The number of hydrogen-bond donors (Lipinski definition) is 0. The van der Waals surface area contributed by atoms with Crippen molar-refractivity contribution < 1.29 is 14.3 Å². The van der Waals surface area contributed by atoms with E-state index in [0.717, 1.165) is 5.39 Å². The number of amides is 1. The summed E-state index contributed by atoms with van der Waals surface area (Å²) in [5.74, 6) is 0.503. The van der Waals surface area contributed by atoms with E-state index in [4.69, 9.17) is 26.6 Å². The van der Waals surface area contributed by atoms with Gasteiger partial charge in [0.05, 0.1) is 30.6 Å². The highest BCUT2D eigenvalue weighted by Gasteiger charge is 2.33. The molecule has 0 N–H and O–H groups in total. The van der Waals surface area contributed by atoms with Crippen LogP contribution in [0.2, 0.25) is 5.15 Å². The Morgan fingerprint density at radius 2 is 2.18 bits per heavy atom. The Hall–Kier alpha value is -2.61. The maximum Gasteiger partial charge on any atom is 0.223 e. The minimum atomic E-state index is -0.973. The average molecular weight is 405 g/mol. The standard InChI is InChI=1S/C18H21ClN6O3/c1-4-16(26)25-8-11(9-25)28-17-13-6-21-15(19)5-12(13)14(7-22-17)18(2,10-27-3)23-24-20/h5-7,11H,4,8-10H2,1-3H3. The first-order chi connectivity index (χ1) is 13.4. The molecule has 0 saturated carbocycles. The number of methoxy groups -OCH3 is 1. The molecule has 2 aromatic heterocycles. The number of azide groups is 1. The SMILES string of the molecule is CCC(=O)N1CC(Oc2ncc(C(C)(COC)N=[N+]=[N-])c3cc(Cl)ncc23)C1. The van der Waals surface area contributed by atoms with Gasteiger partial charge in [0.2, 0.25) is 11.8 Å². The molecule has 0 bridgehead atoms. The molecule has 1 unspecified atom stereocenters. The van der Waals surface area contributed by atoms with E-state index in [1.807, 2.05) is 6.92 Å². The molecule has 1 amide bonds. The molecule has 3 rings (SSSR count). The zero-order valence-corrected chi connectivity index (χ0v) is 16.7. The third-order valence-corrected chi connectivity index (χ3v) is 4.96. The summed E-state index contributed by atoms with van der Waals surface area (Å²) in [6.07, 6.45) is 3.54. The summed E-state index contributed by atoms with van der Waals surface area (Å²) in [7, 11) is 1.53. The average Bonchev–Trinajstić information content (AvgIpc) is 2.63. The fourth-order valence-corrected chi connectivity index (χ4v) is 3.40. The normalized spacial score (nSPS) is 16.2. The minimum Gasteiger partial charge on any atom is -0.470 e. The van der Waals surface area contributed by atoms with Gasteiger partial charge in [0.15, 0.2) is 0 Å². The lowest BCUT2D eigenvalue weighted by Gasteiger charge is -2.38. The largest absolute Gasteiger partial charge is 0.470 e. The number of aromatic nitrogens is 2. The van der Waals surface area contributed by atoms with Crippen molar-refractivity contribution in [3.05, 3.63) is 39.6 Å². The molecule has 1 aliphatic heterocycles. The van der Waals surface area contributed by atoms with Crippen LogP contribution in [-0.2, 0) is 15.1 Å². The van der Waals surface area contributed by atoms with E-state index in [0.29, 0.717) is 41.5 Å². The fourth-order valence-electron chi connectivity index (χ4n) is 3.25. The summed E-state index contributed by atoms with van der Waals surface area (Å²) in [6.45, 7) is 4.82. The molecule has 0 aromatic carbocycles. The van der Waals surface area contributed by atoms with Crippen LogP contribution >= 0.6 is 11.6 Å². The van der Waals surface area contributed by atoms with Gasteiger partial charge in [0, 0.05) is 30.8 Å². The highest BCUT2D eigenvalue weighted by molar-refractivity contribution is 6.30. The predicted octanol–water partition coefficient (Wildman–Crippen LogP) is 3.45. The summed E-state index contributed by atoms with van der Waals surface area (Å²) in [5.41, 5.74) is 8.70. The molecule has 9 nitrogen and oxygen atoms in total. The molecule has 3 heterocycles. The van der Waals surface area contributed by atoms with Crippen LogP contribution in [0, 0.1) is 0 Å². The van der Waals surface area contributed by atoms with Crippen molar-refractivity contribution in [1.82, 2.24) is 14.9 Å². The lowest BCUT2D eigenvalue weighted by molar-refractivity contribution is -0.139. The molecule has 0 radical (unpaired) electrons. The number of nitrogens with zero attached hydrogens (tertiary/aromatic N) is 6. The first-order valence-electron chi connectivity index (χ1n) is 8.86. The lowest BCUT2D eigenvalue weighted by atomic mass is 9.91. The highest BCUT2D eigenvalue weighted by atomic mass is 35.5. The summed E-state index contributed by atoms with van der Waals surface area (Å²) in [6, 6.07) is 1.69. The van der Waals surface area contributed by atoms with Crippen LogP contribution in [0.1, 0.15) is 25.8 Å². The molecule has 1 atom stereocenters. The second-order valence-electron chi connectivity index (χ2n) is 6.82. The number of hydrogen-bond acceptors (Lipinski definition) is 6. The van der Waals surface area contributed by atoms with Crippen molar-refractivity contribution in [3.63, 3.8) is 0 Å². The van der Waals surface area contributed by atoms with Gasteiger partial charge in [0.1, 0.15) is 11.3 Å². The number of halogens is 1. The second-order valence-corrected chi connectivity index (χ2v) is 7.21. The predicted molar refractivity (Wildman–Crippen MR) is 104 cm³/mol. The number of pyridine rings is 2. The van der Waals surface area contributed by atoms with Crippen LogP contribution in [0.25, 0.3) is 21.2 Å². The number of fused-ring (bicyclic) bond motifs is 1. The molecular weight excluding hydrogens is 384 g/mol. The Labute approximate surface area is 167 Å². The smallest absolute Gasteiger partial charge is 0.223 e. The van der Waals surface area contributed by atoms with Crippen molar-refractivity contribution in [2.75, 3.05) is 26.8 Å². The highest BCUT2D eigenvalue weighted by Crippen LogP contribution is 2.36. The van der Waals surface area contributed by atoms with E-state index < -0.39 is 5.54 Å². The van der Waals surface area contributed by atoms with E-state index in [-0.39, 0.29) is 18.6 Å². The maximum atomic E-state index is 11.7. The first kappa shape index (κ1) is 20.1. The van der Waals surface area contributed by atoms with E-state index in [1.54, 1.807) is 30.3 Å². The summed E-state index contributed by atoms with van der Waals surface area (Å²) in [4.78, 5) is 25.0. The van der Waals surface area contributed by atoms with Gasteiger partial charge < -0.3 is 14.4 Å². The van der Waals surface area contributed by atoms with Gasteiger partial charge in [-0.05, 0) is 29.5 Å². The van der Waals surface area contributed by atoms with Crippen molar-refractivity contribution in [3.8, 4) is 5.88 Å². The first-order valence-corrected chi connectivity index (χ1v) is 9.24. The summed E-state index contributed by atoms with van der Waals surface area (Å²) < 4.78 is 11.2. The fraction of sp³-hybridized carbons (Fsp3) is 0.500. The molecule has 10 heteroatoms. The van der Waals surface area contributed by atoms with E-state index >= 15 is 0 Å².